The Morgan fingerprint density at radius 1 is 0.724 bits per heavy atom. The molecule has 0 saturated carbocycles. The Morgan fingerprint density at radius 3 is 1.83 bits per heavy atom. The summed E-state index contributed by atoms with van der Waals surface area (Å²) < 4.78 is 5.23. The molecule has 0 aliphatic carbocycles. The van der Waals surface area contributed by atoms with Crippen LogP contribution in [-0.4, -0.2) is 30.3 Å². The fraction of sp³-hybridized carbons (Fsp3) is 0.125. The number of hydrogen-bond donors (Lipinski definition) is 1. The molecule has 0 aromatic heterocycles. The number of hydrogen-bond acceptors (Lipinski definition) is 4. The molecular weight excluding hydrogens is 366 g/mol. The molecule has 0 saturated heterocycles. The van der Waals surface area contributed by atoms with Crippen LogP contribution >= 0.6 is 0 Å². The van der Waals surface area contributed by atoms with Crippen molar-refractivity contribution >= 4 is 17.7 Å². The molecule has 0 fully saturated rings. The monoisotopic (exact) mass is 387 g/mol. The van der Waals surface area contributed by atoms with Gasteiger partial charge in [0, 0.05) is 17.5 Å². The van der Waals surface area contributed by atoms with Crippen molar-refractivity contribution in [3.63, 3.8) is 0 Å². The van der Waals surface area contributed by atoms with Crippen LogP contribution in [0.4, 0.5) is 0 Å². The molecule has 0 radical (unpaired) electrons. The molecule has 0 spiro atoms. The van der Waals surface area contributed by atoms with Gasteiger partial charge in [-0.25, -0.2) is 4.79 Å². The van der Waals surface area contributed by atoms with Crippen LogP contribution < -0.4 is 5.32 Å². The third-order valence-corrected chi connectivity index (χ3v) is 4.35. The Hall–Kier alpha value is -3.73. The van der Waals surface area contributed by atoms with Crippen LogP contribution in [0.5, 0.6) is 0 Å². The average Bonchev–Trinajstić information content (AvgIpc) is 2.78. The summed E-state index contributed by atoms with van der Waals surface area (Å²) >= 11 is 0. The molecule has 0 heterocycles. The van der Waals surface area contributed by atoms with Crippen molar-refractivity contribution in [1.82, 2.24) is 5.32 Å². The molecule has 0 aliphatic rings. The van der Waals surface area contributed by atoms with Crippen molar-refractivity contribution in [2.24, 2.45) is 0 Å². The number of nitrogens with one attached hydrogen (secondary N) is 1. The maximum atomic E-state index is 12.7. The Bertz CT molecular complexity index is 956. The van der Waals surface area contributed by atoms with Gasteiger partial charge in [0.25, 0.3) is 5.91 Å². The SMILES string of the molecule is O=C(COC(=O)[C@@H](Cc1ccccc1)NC(=O)c1ccccc1)c1ccccc1. The Balaban J connectivity index is 1.68. The molecular formula is C24H21NO4. The van der Waals surface area contributed by atoms with Gasteiger partial charge in [0.15, 0.2) is 12.4 Å². The number of ketones is 1. The van der Waals surface area contributed by atoms with Gasteiger partial charge in [0.05, 0.1) is 0 Å². The lowest BCUT2D eigenvalue weighted by molar-refractivity contribution is -0.144. The second kappa shape index (κ2) is 9.99. The van der Waals surface area contributed by atoms with Gasteiger partial charge in [-0.05, 0) is 17.7 Å². The van der Waals surface area contributed by atoms with Crippen molar-refractivity contribution in [1.29, 1.82) is 0 Å². The summed E-state index contributed by atoms with van der Waals surface area (Å²) in [6, 6.07) is 25.7. The highest BCUT2D eigenvalue weighted by Gasteiger charge is 2.24. The number of ether oxygens (including phenoxy) is 1. The van der Waals surface area contributed by atoms with E-state index < -0.39 is 12.0 Å². The highest BCUT2D eigenvalue weighted by atomic mass is 16.5. The molecule has 5 heteroatoms. The molecule has 1 N–H and O–H groups in total. The molecule has 3 aromatic carbocycles. The van der Waals surface area contributed by atoms with Crippen LogP contribution in [0.2, 0.25) is 0 Å². The molecule has 29 heavy (non-hydrogen) atoms. The quantitative estimate of drug-likeness (QED) is 0.475. The molecule has 146 valence electrons. The van der Waals surface area contributed by atoms with Crippen molar-refractivity contribution < 1.29 is 19.1 Å². The highest BCUT2D eigenvalue weighted by Crippen LogP contribution is 2.08. The smallest absolute Gasteiger partial charge is 0.329 e. The topological polar surface area (TPSA) is 72.5 Å². The van der Waals surface area contributed by atoms with E-state index >= 15 is 0 Å². The number of amides is 1. The normalized spacial score (nSPS) is 11.3. The molecule has 0 unspecified atom stereocenters. The van der Waals surface area contributed by atoms with Gasteiger partial charge in [-0.3, -0.25) is 9.59 Å². The summed E-state index contributed by atoms with van der Waals surface area (Å²) in [5.41, 5.74) is 1.78. The minimum absolute atomic E-state index is 0.262. The Morgan fingerprint density at radius 2 is 1.24 bits per heavy atom. The molecule has 3 rings (SSSR count). The zero-order valence-corrected chi connectivity index (χ0v) is 15.8. The summed E-state index contributed by atoms with van der Waals surface area (Å²) in [6.07, 6.45) is 0.262. The van der Waals surface area contributed by atoms with Gasteiger partial charge in [-0.15, -0.1) is 0 Å². The van der Waals surface area contributed by atoms with E-state index in [0.29, 0.717) is 11.1 Å². The van der Waals surface area contributed by atoms with E-state index in [2.05, 4.69) is 5.32 Å². The average molecular weight is 387 g/mol. The lowest BCUT2D eigenvalue weighted by Crippen LogP contribution is -2.43. The third-order valence-electron chi connectivity index (χ3n) is 4.35. The summed E-state index contributed by atoms with van der Waals surface area (Å²) in [6.45, 7) is -0.380. The van der Waals surface area contributed by atoms with Crippen LogP contribution in [0, 0.1) is 0 Å². The van der Waals surface area contributed by atoms with Gasteiger partial charge < -0.3 is 10.1 Å². The van der Waals surface area contributed by atoms with E-state index in [9.17, 15) is 14.4 Å². The fourth-order valence-electron chi connectivity index (χ4n) is 2.82. The Kier molecular flexibility index (Phi) is 6.90. The van der Waals surface area contributed by atoms with Crippen molar-refractivity contribution in [3.8, 4) is 0 Å². The summed E-state index contributed by atoms with van der Waals surface area (Å²) in [4.78, 5) is 37.4. The highest BCUT2D eigenvalue weighted by molar-refractivity contribution is 5.99. The first-order chi connectivity index (χ1) is 14.1. The second-order valence-electron chi connectivity index (χ2n) is 6.48. The third kappa shape index (κ3) is 5.87. The first kappa shape index (κ1) is 20.0. The first-order valence-electron chi connectivity index (χ1n) is 9.28. The van der Waals surface area contributed by atoms with E-state index in [1.54, 1.807) is 54.6 Å². The van der Waals surface area contributed by atoms with Gasteiger partial charge >= 0.3 is 5.97 Å². The number of Topliss-reactive ketones (excluding diaryl/α,β-unsaturated/α-hetero) is 1. The number of carbonyl (C=O) groups is 3. The maximum absolute atomic E-state index is 12.7. The lowest BCUT2D eigenvalue weighted by atomic mass is 10.1. The zero-order chi connectivity index (χ0) is 20.5. The van der Waals surface area contributed by atoms with Gasteiger partial charge in [-0.2, -0.15) is 0 Å². The molecule has 1 atom stereocenters. The fourth-order valence-corrected chi connectivity index (χ4v) is 2.82. The lowest BCUT2D eigenvalue weighted by Gasteiger charge is -2.18. The van der Waals surface area contributed by atoms with E-state index in [1.165, 1.54) is 0 Å². The summed E-state index contributed by atoms with van der Waals surface area (Å²) in [5.74, 6) is -1.33. The second-order valence-corrected chi connectivity index (χ2v) is 6.48. The predicted molar refractivity (Wildman–Crippen MR) is 110 cm³/mol. The Labute approximate surface area is 169 Å². The van der Waals surface area contributed by atoms with E-state index in [-0.39, 0.29) is 24.7 Å². The molecule has 1 amide bonds. The van der Waals surface area contributed by atoms with Gasteiger partial charge in [0.2, 0.25) is 0 Å². The number of esters is 1. The van der Waals surface area contributed by atoms with Crippen molar-refractivity contribution in [2.45, 2.75) is 12.5 Å². The molecule has 5 nitrogen and oxygen atoms in total. The predicted octanol–water partition coefficient (Wildman–Crippen LogP) is 3.45. The van der Waals surface area contributed by atoms with E-state index in [0.717, 1.165) is 5.56 Å². The molecule has 0 aliphatic heterocycles. The number of rotatable bonds is 8. The van der Waals surface area contributed by atoms with E-state index in [4.69, 9.17) is 4.74 Å². The van der Waals surface area contributed by atoms with Crippen LogP contribution in [0.25, 0.3) is 0 Å². The summed E-state index contributed by atoms with van der Waals surface area (Å²) in [7, 11) is 0. The van der Waals surface area contributed by atoms with Crippen LogP contribution in [0.3, 0.4) is 0 Å². The van der Waals surface area contributed by atoms with Crippen LogP contribution in [0.1, 0.15) is 26.3 Å². The standard InChI is InChI=1S/C24H21NO4/c26-22(19-12-6-2-7-13-19)17-29-24(28)21(16-18-10-4-1-5-11-18)25-23(27)20-14-8-3-9-15-20/h1-15,21H,16-17H2,(H,25,27)/t21-/m1/s1. The maximum Gasteiger partial charge on any atom is 0.329 e. The zero-order valence-electron chi connectivity index (χ0n) is 15.8. The van der Waals surface area contributed by atoms with E-state index in [1.807, 2.05) is 36.4 Å². The first-order valence-corrected chi connectivity index (χ1v) is 9.28. The van der Waals surface area contributed by atoms with Crippen molar-refractivity contribution in [2.75, 3.05) is 6.61 Å². The largest absolute Gasteiger partial charge is 0.456 e. The van der Waals surface area contributed by atoms with Gasteiger partial charge in [-0.1, -0.05) is 78.9 Å². The number of benzene rings is 3. The van der Waals surface area contributed by atoms with Gasteiger partial charge in [0.1, 0.15) is 6.04 Å². The summed E-state index contributed by atoms with van der Waals surface area (Å²) in [5, 5.41) is 2.72. The molecule has 0 bridgehead atoms. The minimum Gasteiger partial charge on any atom is -0.456 e. The molecule has 3 aromatic rings. The van der Waals surface area contributed by atoms with Crippen LogP contribution in [0.15, 0.2) is 91.0 Å². The van der Waals surface area contributed by atoms with Crippen LogP contribution in [-0.2, 0) is 16.0 Å². The minimum atomic E-state index is -0.909. The number of carbonyl (C=O) groups excluding carboxylic acids is 3. The van der Waals surface area contributed by atoms with Crippen molar-refractivity contribution in [3.05, 3.63) is 108 Å².